The summed E-state index contributed by atoms with van der Waals surface area (Å²) in [5.41, 5.74) is -1.05. The summed E-state index contributed by atoms with van der Waals surface area (Å²) < 4.78 is 22.5. The predicted octanol–water partition coefficient (Wildman–Crippen LogP) is 1.07. The number of hydrogen-bond acceptors (Lipinski definition) is 4. The molecule has 110 valence electrons. The second kappa shape index (κ2) is 5.49. The number of urea groups is 1. The molecular weight excluding hydrogens is 284 g/mol. The fourth-order valence-corrected chi connectivity index (χ4v) is 1.92. The number of carbonyl (C=O) groups excluding carboxylic acids is 1. The number of amides is 2. The Morgan fingerprint density at radius 3 is 2.05 bits per heavy atom. The Bertz CT molecular complexity index is 620. The van der Waals surface area contributed by atoms with Crippen molar-refractivity contribution in [1.29, 1.82) is 0 Å². The van der Waals surface area contributed by atoms with Gasteiger partial charge in [0.2, 0.25) is 0 Å². The summed E-state index contributed by atoms with van der Waals surface area (Å²) in [5.74, 6) is -1.17. The van der Waals surface area contributed by atoms with E-state index >= 15 is 0 Å². The highest BCUT2D eigenvalue weighted by molar-refractivity contribution is 7.90. The van der Waals surface area contributed by atoms with Crippen molar-refractivity contribution < 1.29 is 23.1 Å². The van der Waals surface area contributed by atoms with Gasteiger partial charge in [-0.1, -0.05) is 0 Å². The van der Waals surface area contributed by atoms with Gasteiger partial charge >= 0.3 is 12.0 Å². The average molecular weight is 300 g/mol. The van der Waals surface area contributed by atoms with Crippen LogP contribution >= 0.6 is 0 Å². The highest BCUT2D eigenvalue weighted by Gasteiger charge is 2.28. The third-order valence-electron chi connectivity index (χ3n) is 2.50. The van der Waals surface area contributed by atoms with Crippen LogP contribution in [-0.4, -0.2) is 37.3 Å². The van der Waals surface area contributed by atoms with E-state index in [4.69, 9.17) is 5.11 Å². The van der Waals surface area contributed by atoms with Crippen molar-refractivity contribution in [3.63, 3.8) is 0 Å². The first-order valence-corrected chi connectivity index (χ1v) is 7.54. The molecule has 0 bridgehead atoms. The van der Waals surface area contributed by atoms with Gasteiger partial charge in [-0.15, -0.1) is 0 Å². The lowest BCUT2D eigenvalue weighted by atomic mass is 10.1. The van der Waals surface area contributed by atoms with Crippen LogP contribution in [0.15, 0.2) is 29.2 Å². The molecule has 0 fully saturated rings. The summed E-state index contributed by atoms with van der Waals surface area (Å²) in [7, 11) is -3.29. The van der Waals surface area contributed by atoms with Gasteiger partial charge < -0.3 is 15.7 Å². The van der Waals surface area contributed by atoms with Crippen molar-refractivity contribution in [2.24, 2.45) is 0 Å². The number of benzene rings is 1. The van der Waals surface area contributed by atoms with Crippen molar-refractivity contribution in [3.05, 3.63) is 24.3 Å². The van der Waals surface area contributed by atoms with Crippen LogP contribution in [-0.2, 0) is 14.6 Å². The van der Waals surface area contributed by atoms with Crippen molar-refractivity contribution in [3.8, 4) is 0 Å². The average Bonchev–Trinajstić information content (AvgIpc) is 2.27. The summed E-state index contributed by atoms with van der Waals surface area (Å²) >= 11 is 0. The molecule has 0 atom stereocenters. The molecule has 3 N–H and O–H groups in total. The fraction of sp³-hybridized carbons (Fsp3) is 0.333. The van der Waals surface area contributed by atoms with Crippen LogP contribution in [0.5, 0.6) is 0 Å². The minimum absolute atomic E-state index is 0.134. The first-order valence-electron chi connectivity index (χ1n) is 5.65. The molecule has 0 spiro atoms. The summed E-state index contributed by atoms with van der Waals surface area (Å²) in [5, 5.41) is 13.6. The molecule has 2 amide bonds. The third kappa shape index (κ3) is 4.23. The maximum atomic E-state index is 11.6. The minimum Gasteiger partial charge on any atom is -0.480 e. The fourth-order valence-electron chi connectivity index (χ4n) is 1.29. The van der Waals surface area contributed by atoms with Gasteiger partial charge in [0.15, 0.2) is 9.84 Å². The van der Waals surface area contributed by atoms with E-state index in [0.29, 0.717) is 5.69 Å². The smallest absolute Gasteiger partial charge is 0.328 e. The van der Waals surface area contributed by atoms with Gasteiger partial charge in [0.1, 0.15) is 5.54 Å². The van der Waals surface area contributed by atoms with Crippen LogP contribution in [0.3, 0.4) is 0 Å². The summed E-state index contributed by atoms with van der Waals surface area (Å²) in [4.78, 5) is 22.6. The maximum absolute atomic E-state index is 11.6. The summed E-state index contributed by atoms with van der Waals surface area (Å²) in [6.45, 7) is 2.70. The van der Waals surface area contributed by atoms with Crippen LogP contribution in [0, 0.1) is 0 Å². The number of nitrogens with one attached hydrogen (secondary N) is 2. The van der Waals surface area contributed by atoms with Gasteiger partial charge in [-0.3, -0.25) is 0 Å². The first kappa shape index (κ1) is 16.0. The molecule has 0 unspecified atom stereocenters. The predicted molar refractivity (Wildman–Crippen MR) is 73.4 cm³/mol. The van der Waals surface area contributed by atoms with E-state index in [1.807, 2.05) is 0 Å². The van der Waals surface area contributed by atoms with Crippen molar-refractivity contribution in [2.75, 3.05) is 11.6 Å². The van der Waals surface area contributed by atoms with Crippen LogP contribution in [0.1, 0.15) is 13.8 Å². The second-order valence-electron chi connectivity index (χ2n) is 4.81. The van der Waals surface area contributed by atoms with E-state index < -0.39 is 27.4 Å². The van der Waals surface area contributed by atoms with Crippen molar-refractivity contribution in [1.82, 2.24) is 5.32 Å². The van der Waals surface area contributed by atoms with Crippen LogP contribution in [0.2, 0.25) is 0 Å². The molecule has 0 radical (unpaired) electrons. The SMILES string of the molecule is CC(C)(NC(=O)Nc1ccc(S(C)(=O)=O)cc1)C(=O)O. The molecule has 7 nitrogen and oxygen atoms in total. The molecule has 1 aromatic rings. The summed E-state index contributed by atoms with van der Waals surface area (Å²) in [6.07, 6.45) is 1.08. The molecule has 0 heterocycles. The Morgan fingerprint density at radius 1 is 1.15 bits per heavy atom. The van der Waals surface area contributed by atoms with Crippen LogP contribution in [0.4, 0.5) is 10.5 Å². The molecule has 0 aliphatic heterocycles. The van der Waals surface area contributed by atoms with E-state index in [1.54, 1.807) is 0 Å². The number of carboxylic acid groups (broad SMARTS) is 1. The lowest BCUT2D eigenvalue weighted by Crippen LogP contribution is -2.51. The molecular formula is C12H16N2O5S. The number of sulfone groups is 1. The van der Waals surface area contributed by atoms with E-state index in [9.17, 15) is 18.0 Å². The van der Waals surface area contributed by atoms with Crippen LogP contribution < -0.4 is 10.6 Å². The Kier molecular flexibility index (Phi) is 4.39. The van der Waals surface area contributed by atoms with E-state index in [2.05, 4.69) is 10.6 Å². The third-order valence-corrected chi connectivity index (χ3v) is 3.63. The number of rotatable bonds is 4. The number of carbonyl (C=O) groups is 2. The number of aliphatic carboxylic acids is 1. The van der Waals surface area contributed by atoms with E-state index in [0.717, 1.165) is 6.26 Å². The highest BCUT2D eigenvalue weighted by atomic mass is 32.2. The standard InChI is InChI=1S/C12H16N2O5S/c1-12(2,10(15)16)14-11(17)13-8-4-6-9(7-5-8)20(3,18)19/h4-7H,1-3H3,(H,15,16)(H2,13,14,17). The van der Waals surface area contributed by atoms with Crippen molar-refractivity contribution >= 4 is 27.5 Å². The molecule has 0 aliphatic carbocycles. The Hall–Kier alpha value is -2.09. The Labute approximate surface area is 116 Å². The molecule has 0 saturated carbocycles. The molecule has 8 heteroatoms. The zero-order chi connectivity index (χ0) is 15.6. The van der Waals surface area contributed by atoms with Gasteiger partial charge in [-0.25, -0.2) is 18.0 Å². The van der Waals surface area contributed by atoms with Crippen LogP contribution in [0.25, 0.3) is 0 Å². The molecule has 20 heavy (non-hydrogen) atoms. The van der Waals surface area contributed by atoms with Gasteiger partial charge in [0, 0.05) is 11.9 Å². The summed E-state index contributed by atoms with van der Waals surface area (Å²) in [6, 6.07) is 4.86. The minimum atomic E-state index is -3.29. The normalized spacial score (nSPS) is 11.8. The second-order valence-corrected chi connectivity index (χ2v) is 6.82. The number of hydrogen-bond donors (Lipinski definition) is 3. The molecule has 0 aromatic heterocycles. The Balaban J connectivity index is 2.75. The van der Waals surface area contributed by atoms with Gasteiger partial charge in [0.25, 0.3) is 0 Å². The van der Waals surface area contributed by atoms with Gasteiger partial charge in [-0.2, -0.15) is 0 Å². The molecule has 0 aliphatic rings. The van der Waals surface area contributed by atoms with E-state index in [1.165, 1.54) is 38.1 Å². The molecule has 0 saturated heterocycles. The first-order chi connectivity index (χ1) is 9.02. The monoisotopic (exact) mass is 300 g/mol. The lowest BCUT2D eigenvalue weighted by Gasteiger charge is -2.21. The Morgan fingerprint density at radius 2 is 1.65 bits per heavy atom. The zero-order valence-corrected chi connectivity index (χ0v) is 12.1. The number of carboxylic acids is 1. The maximum Gasteiger partial charge on any atom is 0.328 e. The highest BCUT2D eigenvalue weighted by Crippen LogP contribution is 2.14. The number of anilines is 1. The largest absolute Gasteiger partial charge is 0.480 e. The quantitative estimate of drug-likeness (QED) is 0.770. The zero-order valence-electron chi connectivity index (χ0n) is 11.3. The lowest BCUT2D eigenvalue weighted by molar-refractivity contribution is -0.142. The van der Waals surface area contributed by atoms with Crippen molar-refractivity contribution in [2.45, 2.75) is 24.3 Å². The van der Waals surface area contributed by atoms with Gasteiger partial charge in [0.05, 0.1) is 4.90 Å². The molecule has 1 aromatic carbocycles. The molecule has 1 rings (SSSR count). The van der Waals surface area contributed by atoms with E-state index in [-0.39, 0.29) is 4.90 Å². The van der Waals surface area contributed by atoms with Gasteiger partial charge in [-0.05, 0) is 38.1 Å². The topological polar surface area (TPSA) is 113 Å².